The van der Waals surface area contributed by atoms with Crippen LogP contribution in [0.3, 0.4) is 0 Å². The van der Waals surface area contributed by atoms with Crippen molar-refractivity contribution in [1.82, 2.24) is 25.3 Å². The molecule has 0 aliphatic carbocycles. The van der Waals surface area contributed by atoms with Gasteiger partial charge in [0, 0.05) is 42.4 Å². The van der Waals surface area contributed by atoms with Crippen molar-refractivity contribution < 1.29 is 22.7 Å². The first-order valence-corrected chi connectivity index (χ1v) is 10.2. The third-order valence-corrected chi connectivity index (χ3v) is 5.21. The molecule has 1 amide bonds. The van der Waals surface area contributed by atoms with Crippen molar-refractivity contribution in [1.29, 1.82) is 0 Å². The topological polar surface area (TPSA) is 105 Å². The predicted octanol–water partition coefficient (Wildman–Crippen LogP) is 2.89. The highest BCUT2D eigenvalue weighted by Gasteiger charge is 2.33. The minimum atomic E-state index is -4.62. The van der Waals surface area contributed by atoms with Gasteiger partial charge < -0.3 is 20.3 Å². The van der Waals surface area contributed by atoms with E-state index in [0.717, 1.165) is 25.0 Å². The number of hydrogen-bond acceptors (Lipinski definition) is 8. The molecule has 3 heterocycles. The summed E-state index contributed by atoms with van der Waals surface area (Å²) in [6.07, 6.45) is -1.60. The number of hydrogen-bond donors (Lipinski definition) is 2. The minimum Gasteiger partial charge on any atom is -0.467 e. The highest BCUT2D eigenvalue weighted by Crippen LogP contribution is 2.31. The summed E-state index contributed by atoms with van der Waals surface area (Å²) in [6.45, 7) is 5.71. The van der Waals surface area contributed by atoms with E-state index in [9.17, 15) is 18.0 Å². The number of halogens is 3. The molecule has 174 valence electrons. The third-order valence-electron chi connectivity index (χ3n) is 5.21. The molecule has 0 saturated carbocycles. The van der Waals surface area contributed by atoms with Crippen LogP contribution in [-0.2, 0) is 6.18 Å². The smallest absolute Gasteiger partial charge is 0.434 e. The number of fused-ring (bicyclic) bond motifs is 1. The van der Waals surface area contributed by atoms with Gasteiger partial charge in [-0.2, -0.15) is 18.2 Å². The number of ether oxygens (including phenoxy) is 1. The number of methoxy groups -OCH3 is 1. The molecule has 1 aliphatic heterocycles. The molecule has 33 heavy (non-hydrogen) atoms. The number of carbonyl (C=O) groups excluding carboxylic acids is 1. The number of nitrogens with zero attached hydrogens (tertiary/aromatic N) is 5. The number of nitrogens with one attached hydrogen (secondary N) is 2. The number of aromatic nitrogens is 4. The molecule has 1 aliphatic rings. The number of anilines is 2. The summed E-state index contributed by atoms with van der Waals surface area (Å²) in [5, 5.41) is 6.61. The van der Waals surface area contributed by atoms with Crippen LogP contribution in [0.15, 0.2) is 30.7 Å². The summed E-state index contributed by atoms with van der Waals surface area (Å²) >= 11 is 0. The molecular formula is C21H22F3N7O2. The molecule has 0 radical (unpaired) electrons. The van der Waals surface area contributed by atoms with Crippen LogP contribution in [0, 0.1) is 0 Å². The Balaban J connectivity index is 1.69. The molecule has 0 spiro atoms. The van der Waals surface area contributed by atoms with Gasteiger partial charge in [-0.25, -0.2) is 15.0 Å². The summed E-state index contributed by atoms with van der Waals surface area (Å²) in [6, 6.07) is 4.06. The SMILES string of the molecule is COc1ncc2c(N3C[C@H](C)N[C@@H](C)C3)ccc(C(=O)Nc3cnc(C(F)(F)F)cn3)c2n1. The van der Waals surface area contributed by atoms with E-state index in [4.69, 9.17) is 4.74 Å². The summed E-state index contributed by atoms with van der Waals surface area (Å²) < 4.78 is 43.3. The normalized spacial score (nSPS) is 18.9. The fourth-order valence-corrected chi connectivity index (χ4v) is 3.89. The van der Waals surface area contributed by atoms with Gasteiger partial charge in [-0.1, -0.05) is 0 Å². The predicted molar refractivity (Wildman–Crippen MR) is 115 cm³/mol. The van der Waals surface area contributed by atoms with Crippen LogP contribution < -0.4 is 20.3 Å². The first-order chi connectivity index (χ1) is 15.7. The average Bonchev–Trinajstić information content (AvgIpc) is 2.77. The number of benzene rings is 1. The van der Waals surface area contributed by atoms with Crippen LogP contribution in [0.25, 0.3) is 10.9 Å². The Morgan fingerprint density at radius 1 is 1.12 bits per heavy atom. The molecule has 1 fully saturated rings. The van der Waals surface area contributed by atoms with Gasteiger partial charge in [0.25, 0.3) is 5.91 Å². The monoisotopic (exact) mass is 461 g/mol. The van der Waals surface area contributed by atoms with Gasteiger partial charge in [0.05, 0.1) is 30.6 Å². The van der Waals surface area contributed by atoms with E-state index in [2.05, 4.69) is 49.3 Å². The lowest BCUT2D eigenvalue weighted by Crippen LogP contribution is -2.54. The first-order valence-electron chi connectivity index (χ1n) is 10.2. The van der Waals surface area contributed by atoms with Gasteiger partial charge in [0.2, 0.25) is 0 Å². The first kappa shape index (κ1) is 22.6. The van der Waals surface area contributed by atoms with E-state index >= 15 is 0 Å². The molecule has 12 heteroatoms. The zero-order chi connectivity index (χ0) is 23.8. The zero-order valence-corrected chi connectivity index (χ0v) is 18.1. The van der Waals surface area contributed by atoms with Crippen molar-refractivity contribution in [3.63, 3.8) is 0 Å². The van der Waals surface area contributed by atoms with E-state index in [1.54, 1.807) is 12.3 Å². The van der Waals surface area contributed by atoms with Crippen molar-refractivity contribution in [2.45, 2.75) is 32.1 Å². The molecule has 9 nitrogen and oxygen atoms in total. The molecule has 3 aromatic rings. The Bertz CT molecular complexity index is 1160. The van der Waals surface area contributed by atoms with Crippen LogP contribution in [0.1, 0.15) is 29.9 Å². The summed E-state index contributed by atoms with van der Waals surface area (Å²) in [7, 11) is 1.42. The molecule has 2 aromatic heterocycles. The Morgan fingerprint density at radius 3 is 2.45 bits per heavy atom. The summed E-state index contributed by atoms with van der Waals surface area (Å²) in [5.41, 5.74) is 0.286. The molecule has 2 N–H and O–H groups in total. The lowest BCUT2D eigenvalue weighted by Gasteiger charge is -2.38. The number of alkyl halides is 3. The molecule has 0 bridgehead atoms. The fourth-order valence-electron chi connectivity index (χ4n) is 3.89. The molecule has 4 rings (SSSR count). The van der Waals surface area contributed by atoms with E-state index in [1.807, 2.05) is 6.07 Å². The zero-order valence-electron chi connectivity index (χ0n) is 18.1. The molecule has 2 atom stereocenters. The largest absolute Gasteiger partial charge is 0.467 e. The molecular weight excluding hydrogens is 439 g/mol. The quantitative estimate of drug-likeness (QED) is 0.611. The van der Waals surface area contributed by atoms with Gasteiger partial charge in [0.15, 0.2) is 11.5 Å². The standard InChI is InChI=1S/C21H22F3N7O2/c1-11-9-31(10-12(2)28-11)15-5-4-13(18-14(15)6-27-20(30-18)33-3)19(32)29-17-8-25-16(7-26-17)21(22,23)24/h4-8,11-12,28H,9-10H2,1-3H3,(H,26,29,32)/t11-,12-/m0/s1. The number of piperazine rings is 1. The highest BCUT2D eigenvalue weighted by molar-refractivity contribution is 6.13. The highest BCUT2D eigenvalue weighted by atomic mass is 19.4. The van der Waals surface area contributed by atoms with Gasteiger partial charge in [-0.15, -0.1) is 0 Å². The van der Waals surface area contributed by atoms with Crippen molar-refractivity contribution in [2.24, 2.45) is 0 Å². The Kier molecular flexibility index (Phi) is 6.02. The molecule has 1 aromatic carbocycles. The second-order valence-corrected chi connectivity index (χ2v) is 7.86. The third kappa shape index (κ3) is 4.80. The van der Waals surface area contributed by atoms with Crippen molar-refractivity contribution in [3.05, 3.63) is 42.0 Å². The summed E-state index contributed by atoms with van der Waals surface area (Å²) in [5.74, 6) is -0.709. The average molecular weight is 461 g/mol. The maximum Gasteiger partial charge on any atom is 0.434 e. The Labute approximate surface area is 187 Å². The second-order valence-electron chi connectivity index (χ2n) is 7.86. The van der Waals surface area contributed by atoms with Crippen molar-refractivity contribution >= 4 is 28.3 Å². The Morgan fingerprint density at radius 2 is 1.85 bits per heavy atom. The number of amides is 1. The Hall–Kier alpha value is -3.54. The molecule has 0 unspecified atom stereocenters. The van der Waals surface area contributed by atoms with Crippen LogP contribution in [0.4, 0.5) is 24.7 Å². The van der Waals surface area contributed by atoms with Gasteiger partial charge in [-0.3, -0.25) is 4.79 Å². The lowest BCUT2D eigenvalue weighted by molar-refractivity contribution is -0.141. The number of rotatable bonds is 4. The van der Waals surface area contributed by atoms with Crippen molar-refractivity contribution in [2.75, 3.05) is 30.4 Å². The maximum atomic E-state index is 13.0. The van der Waals surface area contributed by atoms with Gasteiger partial charge in [0.1, 0.15) is 0 Å². The fraction of sp³-hybridized carbons (Fsp3) is 0.381. The van der Waals surface area contributed by atoms with Crippen LogP contribution in [0.2, 0.25) is 0 Å². The van der Waals surface area contributed by atoms with Crippen LogP contribution >= 0.6 is 0 Å². The van der Waals surface area contributed by atoms with E-state index in [-0.39, 0.29) is 29.5 Å². The van der Waals surface area contributed by atoms with Crippen molar-refractivity contribution in [3.8, 4) is 6.01 Å². The van der Waals surface area contributed by atoms with Crippen LogP contribution in [-0.4, -0.2) is 58.1 Å². The van der Waals surface area contributed by atoms with Gasteiger partial charge in [-0.05, 0) is 26.0 Å². The van der Waals surface area contributed by atoms with E-state index < -0.39 is 17.8 Å². The van der Waals surface area contributed by atoms with Gasteiger partial charge >= 0.3 is 12.2 Å². The second kappa shape index (κ2) is 8.77. The van der Waals surface area contributed by atoms with E-state index in [1.165, 1.54) is 7.11 Å². The molecule has 1 saturated heterocycles. The minimum absolute atomic E-state index is 0.0880. The van der Waals surface area contributed by atoms with E-state index in [0.29, 0.717) is 17.1 Å². The summed E-state index contributed by atoms with van der Waals surface area (Å²) in [4.78, 5) is 30.7. The van der Waals surface area contributed by atoms with Crippen LogP contribution in [0.5, 0.6) is 6.01 Å². The number of carbonyl (C=O) groups is 1. The maximum absolute atomic E-state index is 13.0. The lowest BCUT2D eigenvalue weighted by atomic mass is 10.0.